The molecule has 1 aliphatic heterocycles. The standard InChI is InChI=1S/C46H45N3O7/c1-30-41(43(52)53)49(45(2,3)56-30)42(51)39(47-44(54)55-29-38-36-25-15-13-23-34(36)35-24-14-16-26-37(35)38)27-28-40(50)48-46(31-17-7-4-8-18-31,32-19-9-5-10-20-32)33-21-11-6-12-22-33/h4-26,30,38-39,41H,27-29H2,1-3H3,(H,47,54)(H,48,50)(H,52,53)/t30-,39-,41+/m1/s1. The number of carbonyl (C=O) groups is 4. The number of nitrogens with one attached hydrogen (secondary N) is 2. The number of benzene rings is 5. The van der Waals surface area contributed by atoms with Crippen molar-refractivity contribution in [3.05, 3.63) is 167 Å². The number of carboxylic acids is 1. The molecule has 1 saturated heterocycles. The van der Waals surface area contributed by atoms with Gasteiger partial charge in [-0.3, -0.25) is 14.5 Å². The van der Waals surface area contributed by atoms with Crippen LogP contribution in [-0.2, 0) is 29.4 Å². The highest BCUT2D eigenvalue weighted by molar-refractivity contribution is 5.91. The maximum atomic E-state index is 14.5. The van der Waals surface area contributed by atoms with Gasteiger partial charge in [0.2, 0.25) is 11.8 Å². The first-order valence-corrected chi connectivity index (χ1v) is 18.8. The summed E-state index contributed by atoms with van der Waals surface area (Å²) < 4.78 is 11.8. The van der Waals surface area contributed by atoms with Crippen molar-refractivity contribution in [2.45, 2.75) is 69.0 Å². The molecule has 5 aromatic rings. The fourth-order valence-corrected chi connectivity index (χ4v) is 8.37. The highest BCUT2D eigenvalue weighted by atomic mass is 16.6. The summed E-state index contributed by atoms with van der Waals surface area (Å²) in [5, 5.41) is 16.2. The summed E-state index contributed by atoms with van der Waals surface area (Å²) in [5.74, 6) is -2.56. The van der Waals surface area contributed by atoms with Crippen LogP contribution in [0.25, 0.3) is 11.1 Å². The molecule has 0 bridgehead atoms. The largest absolute Gasteiger partial charge is 0.480 e. The third kappa shape index (κ3) is 7.27. The van der Waals surface area contributed by atoms with Crippen molar-refractivity contribution >= 4 is 23.9 Å². The van der Waals surface area contributed by atoms with Crippen LogP contribution in [0.15, 0.2) is 140 Å². The molecule has 10 heteroatoms. The minimum atomic E-state index is -1.33. The van der Waals surface area contributed by atoms with Crippen LogP contribution in [0.1, 0.15) is 67.3 Å². The predicted octanol–water partition coefficient (Wildman–Crippen LogP) is 7.22. The molecule has 286 valence electrons. The van der Waals surface area contributed by atoms with E-state index in [-0.39, 0.29) is 25.4 Å². The fraction of sp³-hybridized carbons (Fsp3) is 0.261. The van der Waals surface area contributed by atoms with Crippen molar-refractivity contribution < 1.29 is 33.8 Å². The van der Waals surface area contributed by atoms with E-state index in [4.69, 9.17) is 9.47 Å². The number of alkyl carbamates (subject to hydrolysis) is 1. The van der Waals surface area contributed by atoms with Crippen LogP contribution < -0.4 is 10.6 Å². The van der Waals surface area contributed by atoms with E-state index in [0.717, 1.165) is 43.8 Å². The summed E-state index contributed by atoms with van der Waals surface area (Å²) in [6, 6.07) is 42.2. The van der Waals surface area contributed by atoms with Gasteiger partial charge in [-0.2, -0.15) is 0 Å². The van der Waals surface area contributed by atoms with Gasteiger partial charge in [0.1, 0.15) is 23.9 Å². The number of hydrogen-bond acceptors (Lipinski definition) is 6. The second kappa shape index (κ2) is 15.8. The maximum absolute atomic E-state index is 14.5. The number of carbonyl (C=O) groups excluding carboxylic acids is 3. The summed E-state index contributed by atoms with van der Waals surface area (Å²) in [6.45, 7) is 4.80. The van der Waals surface area contributed by atoms with Crippen LogP contribution in [0, 0.1) is 0 Å². The van der Waals surface area contributed by atoms with E-state index in [2.05, 4.69) is 10.6 Å². The SMILES string of the molecule is C[C@H]1OC(C)(C)N(C(=O)[C@@H](CCC(=O)NC(c2ccccc2)(c2ccccc2)c2ccccc2)NC(=O)OCC2c3ccccc3-c3ccccc32)[C@@H]1C(=O)O. The van der Waals surface area contributed by atoms with Gasteiger partial charge in [-0.05, 0) is 66.1 Å². The molecule has 3 amide bonds. The van der Waals surface area contributed by atoms with Crippen molar-refractivity contribution in [1.82, 2.24) is 15.5 Å². The van der Waals surface area contributed by atoms with Gasteiger partial charge in [-0.15, -0.1) is 0 Å². The number of ether oxygens (including phenoxy) is 2. The quantitative estimate of drug-likeness (QED) is 0.115. The van der Waals surface area contributed by atoms with Crippen molar-refractivity contribution in [3.63, 3.8) is 0 Å². The minimum Gasteiger partial charge on any atom is -0.480 e. The molecule has 0 saturated carbocycles. The molecule has 0 spiro atoms. The molecule has 1 heterocycles. The molecule has 7 rings (SSSR count). The lowest BCUT2D eigenvalue weighted by Crippen LogP contribution is -2.58. The van der Waals surface area contributed by atoms with Crippen LogP contribution in [0.5, 0.6) is 0 Å². The Kier molecular flexibility index (Phi) is 10.8. The van der Waals surface area contributed by atoms with Gasteiger partial charge in [-0.25, -0.2) is 9.59 Å². The lowest BCUT2D eigenvalue weighted by atomic mass is 9.77. The van der Waals surface area contributed by atoms with E-state index >= 15 is 0 Å². The summed E-state index contributed by atoms with van der Waals surface area (Å²) in [7, 11) is 0. The Morgan fingerprint density at radius 1 is 0.750 bits per heavy atom. The topological polar surface area (TPSA) is 134 Å². The molecule has 0 radical (unpaired) electrons. The Labute approximate surface area is 326 Å². The first kappa shape index (κ1) is 38.0. The zero-order valence-electron chi connectivity index (χ0n) is 31.6. The predicted molar refractivity (Wildman–Crippen MR) is 211 cm³/mol. The van der Waals surface area contributed by atoms with E-state index in [0.29, 0.717) is 0 Å². The average Bonchev–Trinajstić information content (AvgIpc) is 3.67. The number of rotatable bonds is 12. The summed E-state index contributed by atoms with van der Waals surface area (Å²) in [4.78, 5) is 56.1. The Morgan fingerprint density at radius 3 is 1.70 bits per heavy atom. The van der Waals surface area contributed by atoms with Crippen molar-refractivity contribution in [3.8, 4) is 11.1 Å². The number of nitrogens with zero attached hydrogens (tertiary/aromatic N) is 1. The van der Waals surface area contributed by atoms with E-state index in [1.165, 1.54) is 0 Å². The molecule has 10 nitrogen and oxygen atoms in total. The number of amides is 3. The first-order valence-electron chi connectivity index (χ1n) is 18.8. The van der Waals surface area contributed by atoms with Crippen LogP contribution in [-0.4, -0.2) is 64.4 Å². The third-order valence-corrected chi connectivity index (χ3v) is 10.8. The van der Waals surface area contributed by atoms with Gasteiger partial charge in [0.25, 0.3) is 0 Å². The molecule has 0 unspecified atom stereocenters. The Hall–Kier alpha value is -6.26. The summed E-state index contributed by atoms with van der Waals surface area (Å²) in [5.41, 5.74) is 4.25. The average molecular weight is 752 g/mol. The van der Waals surface area contributed by atoms with Crippen LogP contribution in [0.3, 0.4) is 0 Å². The van der Waals surface area contributed by atoms with E-state index in [1.807, 2.05) is 140 Å². The highest BCUT2D eigenvalue weighted by Gasteiger charge is 2.53. The number of fused-ring (bicyclic) bond motifs is 3. The smallest absolute Gasteiger partial charge is 0.407 e. The van der Waals surface area contributed by atoms with Crippen molar-refractivity contribution in [1.29, 1.82) is 0 Å². The van der Waals surface area contributed by atoms with Gasteiger partial charge in [0.15, 0.2) is 6.04 Å². The minimum absolute atomic E-state index is 0.00209. The molecule has 3 atom stereocenters. The fourth-order valence-electron chi connectivity index (χ4n) is 8.37. The van der Waals surface area contributed by atoms with Crippen molar-refractivity contribution in [2.24, 2.45) is 0 Å². The van der Waals surface area contributed by atoms with Crippen LogP contribution in [0.2, 0.25) is 0 Å². The molecular formula is C46H45N3O7. The molecular weight excluding hydrogens is 707 g/mol. The van der Waals surface area contributed by atoms with Gasteiger partial charge >= 0.3 is 12.1 Å². The van der Waals surface area contributed by atoms with E-state index in [1.54, 1.807) is 20.8 Å². The van der Waals surface area contributed by atoms with E-state index < -0.39 is 53.3 Å². The van der Waals surface area contributed by atoms with Crippen molar-refractivity contribution in [2.75, 3.05) is 6.61 Å². The molecule has 3 N–H and O–H groups in total. The normalized spacial score (nSPS) is 17.7. The van der Waals surface area contributed by atoms with Gasteiger partial charge in [0, 0.05) is 12.3 Å². The molecule has 5 aromatic carbocycles. The van der Waals surface area contributed by atoms with Crippen LogP contribution >= 0.6 is 0 Å². The molecule has 1 aliphatic carbocycles. The lowest BCUT2D eigenvalue weighted by molar-refractivity contribution is -0.157. The second-order valence-corrected chi connectivity index (χ2v) is 14.7. The Morgan fingerprint density at radius 2 is 1.21 bits per heavy atom. The van der Waals surface area contributed by atoms with Gasteiger partial charge < -0.3 is 25.2 Å². The molecule has 1 fully saturated rings. The van der Waals surface area contributed by atoms with Gasteiger partial charge in [-0.1, -0.05) is 140 Å². The molecule has 2 aliphatic rings. The van der Waals surface area contributed by atoms with Crippen LogP contribution in [0.4, 0.5) is 4.79 Å². The van der Waals surface area contributed by atoms with Gasteiger partial charge in [0.05, 0.1) is 6.10 Å². The highest BCUT2D eigenvalue weighted by Crippen LogP contribution is 2.44. The summed E-state index contributed by atoms with van der Waals surface area (Å²) >= 11 is 0. The Balaban J connectivity index is 1.16. The first-order chi connectivity index (χ1) is 27.0. The molecule has 0 aromatic heterocycles. The zero-order valence-corrected chi connectivity index (χ0v) is 31.6. The number of aliphatic carboxylic acids is 1. The number of carboxylic acid groups (broad SMARTS) is 1. The monoisotopic (exact) mass is 751 g/mol. The maximum Gasteiger partial charge on any atom is 0.407 e. The Bertz CT molecular complexity index is 2070. The third-order valence-electron chi connectivity index (χ3n) is 10.8. The zero-order chi connectivity index (χ0) is 39.5. The molecule has 56 heavy (non-hydrogen) atoms. The van der Waals surface area contributed by atoms with E-state index in [9.17, 15) is 24.3 Å². The lowest BCUT2D eigenvalue weighted by Gasteiger charge is -2.37. The summed E-state index contributed by atoms with van der Waals surface area (Å²) in [6.07, 6.45) is -2.04. The number of hydrogen-bond donors (Lipinski definition) is 3. The second-order valence-electron chi connectivity index (χ2n) is 14.7.